The highest BCUT2D eigenvalue weighted by Crippen LogP contribution is 2.25. The Morgan fingerprint density at radius 2 is 1.83 bits per heavy atom. The Morgan fingerprint density at radius 3 is 2.44 bits per heavy atom. The quantitative estimate of drug-likeness (QED) is 0.647. The van der Waals surface area contributed by atoms with Crippen molar-refractivity contribution < 1.29 is 0 Å². The van der Waals surface area contributed by atoms with Crippen molar-refractivity contribution in [1.29, 1.82) is 0 Å². The molecule has 0 heterocycles. The van der Waals surface area contributed by atoms with E-state index in [1.807, 2.05) is 42.5 Å². The first-order chi connectivity index (χ1) is 8.56. The van der Waals surface area contributed by atoms with Gasteiger partial charge in [0.1, 0.15) is 0 Å². The predicted octanol–water partition coefficient (Wildman–Crippen LogP) is 4.16. The number of rotatable bonds is 3. The van der Waals surface area contributed by atoms with Crippen LogP contribution in [0.2, 0.25) is 5.02 Å². The minimum Gasteiger partial charge on any atom is -0.399 e. The van der Waals surface area contributed by atoms with Gasteiger partial charge in [-0.2, -0.15) is 0 Å². The fraction of sp³-hybridized carbons (Fsp3) is 0.143. The number of benzene rings is 2. The Labute approximate surface area is 126 Å². The van der Waals surface area contributed by atoms with Crippen LogP contribution in [0.3, 0.4) is 0 Å². The Balaban J connectivity index is 2.16. The Kier molecular flexibility index (Phi) is 4.35. The van der Waals surface area contributed by atoms with Crippen LogP contribution in [-0.2, 0) is 6.54 Å². The van der Waals surface area contributed by atoms with Gasteiger partial charge in [-0.1, -0.05) is 23.7 Å². The van der Waals surface area contributed by atoms with E-state index in [1.54, 1.807) is 0 Å². The molecule has 2 rings (SSSR count). The van der Waals surface area contributed by atoms with E-state index in [4.69, 9.17) is 17.3 Å². The van der Waals surface area contributed by atoms with E-state index in [0.29, 0.717) is 0 Å². The van der Waals surface area contributed by atoms with Crippen molar-refractivity contribution in [2.75, 3.05) is 17.7 Å². The van der Waals surface area contributed by atoms with E-state index >= 15 is 0 Å². The van der Waals surface area contributed by atoms with Gasteiger partial charge in [0.2, 0.25) is 0 Å². The molecule has 0 aliphatic heterocycles. The van der Waals surface area contributed by atoms with Crippen LogP contribution in [0.25, 0.3) is 0 Å². The average Bonchev–Trinajstić information content (AvgIpc) is 2.32. The summed E-state index contributed by atoms with van der Waals surface area (Å²) in [5.74, 6) is 0. The molecule has 0 atom stereocenters. The highest BCUT2D eigenvalue weighted by atomic mass is 127. The van der Waals surface area contributed by atoms with Gasteiger partial charge < -0.3 is 10.6 Å². The SMILES string of the molecule is CN(Cc1ccc(Cl)cc1)c1ccc(N)cc1I. The molecule has 0 spiro atoms. The second-order valence-electron chi connectivity index (χ2n) is 4.19. The van der Waals surface area contributed by atoms with Gasteiger partial charge >= 0.3 is 0 Å². The zero-order chi connectivity index (χ0) is 13.1. The number of hydrogen-bond donors (Lipinski definition) is 1. The Hall–Kier alpha value is -0.940. The van der Waals surface area contributed by atoms with Gasteiger partial charge in [-0.05, 0) is 58.5 Å². The lowest BCUT2D eigenvalue weighted by molar-refractivity contribution is 0.920. The molecule has 0 radical (unpaired) electrons. The molecule has 0 aromatic heterocycles. The molecule has 0 bridgehead atoms. The molecule has 0 unspecified atom stereocenters. The van der Waals surface area contributed by atoms with Crippen molar-refractivity contribution in [2.45, 2.75) is 6.54 Å². The van der Waals surface area contributed by atoms with Gasteiger partial charge in [-0.3, -0.25) is 0 Å². The zero-order valence-electron chi connectivity index (χ0n) is 10.0. The molecule has 18 heavy (non-hydrogen) atoms. The summed E-state index contributed by atoms with van der Waals surface area (Å²) >= 11 is 8.19. The van der Waals surface area contributed by atoms with Crippen LogP contribution < -0.4 is 10.6 Å². The number of nitrogens with zero attached hydrogens (tertiary/aromatic N) is 1. The molecule has 0 saturated heterocycles. The normalized spacial score (nSPS) is 10.4. The molecule has 0 fully saturated rings. The number of nitrogens with two attached hydrogens (primary N) is 1. The van der Waals surface area contributed by atoms with Crippen LogP contribution >= 0.6 is 34.2 Å². The molecule has 2 aromatic carbocycles. The van der Waals surface area contributed by atoms with Crippen molar-refractivity contribution in [2.24, 2.45) is 0 Å². The van der Waals surface area contributed by atoms with E-state index in [1.165, 1.54) is 11.3 Å². The van der Waals surface area contributed by atoms with E-state index in [0.717, 1.165) is 20.8 Å². The summed E-state index contributed by atoms with van der Waals surface area (Å²) in [5, 5.41) is 0.767. The first kappa shape index (κ1) is 13.5. The number of nitrogen functional groups attached to an aromatic ring is 1. The number of halogens is 2. The molecule has 0 saturated carbocycles. The van der Waals surface area contributed by atoms with Gasteiger partial charge in [0.15, 0.2) is 0 Å². The molecular formula is C14H14ClIN2. The van der Waals surface area contributed by atoms with Crippen molar-refractivity contribution in [3.63, 3.8) is 0 Å². The van der Waals surface area contributed by atoms with Crippen LogP contribution in [-0.4, -0.2) is 7.05 Å². The fourth-order valence-corrected chi connectivity index (χ4v) is 2.86. The molecule has 2 N–H and O–H groups in total. The molecule has 0 aliphatic rings. The third-order valence-corrected chi connectivity index (χ3v) is 3.83. The first-order valence-electron chi connectivity index (χ1n) is 5.57. The second-order valence-corrected chi connectivity index (χ2v) is 5.79. The maximum absolute atomic E-state index is 5.88. The lowest BCUT2D eigenvalue weighted by Gasteiger charge is -2.21. The lowest BCUT2D eigenvalue weighted by Crippen LogP contribution is -2.17. The minimum absolute atomic E-state index is 0.767. The summed E-state index contributed by atoms with van der Waals surface area (Å²) in [6.07, 6.45) is 0. The molecule has 94 valence electrons. The molecule has 2 nitrogen and oxygen atoms in total. The first-order valence-corrected chi connectivity index (χ1v) is 7.02. The topological polar surface area (TPSA) is 29.3 Å². The predicted molar refractivity (Wildman–Crippen MR) is 87.1 cm³/mol. The molecule has 0 aliphatic carbocycles. The van der Waals surface area contributed by atoms with Crippen LogP contribution in [0.15, 0.2) is 42.5 Å². The number of hydrogen-bond acceptors (Lipinski definition) is 2. The molecule has 0 amide bonds. The summed E-state index contributed by atoms with van der Waals surface area (Å²) in [7, 11) is 2.07. The average molecular weight is 373 g/mol. The van der Waals surface area contributed by atoms with Crippen LogP contribution in [0.4, 0.5) is 11.4 Å². The smallest absolute Gasteiger partial charge is 0.0503 e. The monoisotopic (exact) mass is 372 g/mol. The lowest BCUT2D eigenvalue weighted by atomic mass is 10.2. The van der Waals surface area contributed by atoms with E-state index < -0.39 is 0 Å². The number of anilines is 2. The highest BCUT2D eigenvalue weighted by molar-refractivity contribution is 14.1. The summed E-state index contributed by atoms with van der Waals surface area (Å²) in [5.41, 5.74) is 8.96. The molecule has 2 aromatic rings. The van der Waals surface area contributed by atoms with Gasteiger partial charge in [0, 0.05) is 27.9 Å². The molecular weight excluding hydrogens is 359 g/mol. The van der Waals surface area contributed by atoms with Crippen molar-refractivity contribution in [3.05, 3.63) is 56.6 Å². The zero-order valence-corrected chi connectivity index (χ0v) is 12.9. The summed E-state index contributed by atoms with van der Waals surface area (Å²) < 4.78 is 1.16. The standard InChI is InChI=1S/C14H14ClIN2/c1-18(9-10-2-4-11(15)5-3-10)14-7-6-12(17)8-13(14)16/h2-8H,9,17H2,1H3. The third-order valence-electron chi connectivity index (χ3n) is 2.72. The van der Waals surface area contributed by atoms with Crippen LogP contribution in [0, 0.1) is 3.57 Å². The summed E-state index contributed by atoms with van der Waals surface area (Å²) in [6, 6.07) is 13.9. The largest absolute Gasteiger partial charge is 0.399 e. The highest BCUT2D eigenvalue weighted by Gasteiger charge is 2.06. The van der Waals surface area contributed by atoms with Gasteiger partial charge in [-0.15, -0.1) is 0 Å². The van der Waals surface area contributed by atoms with E-state index in [-0.39, 0.29) is 0 Å². The van der Waals surface area contributed by atoms with Gasteiger partial charge in [-0.25, -0.2) is 0 Å². The van der Waals surface area contributed by atoms with Gasteiger partial charge in [0.05, 0.1) is 5.69 Å². The Morgan fingerprint density at radius 1 is 1.17 bits per heavy atom. The molecule has 4 heteroatoms. The minimum atomic E-state index is 0.767. The van der Waals surface area contributed by atoms with Crippen molar-refractivity contribution in [3.8, 4) is 0 Å². The maximum atomic E-state index is 5.88. The summed E-state index contributed by atoms with van der Waals surface area (Å²) in [4.78, 5) is 2.20. The fourth-order valence-electron chi connectivity index (χ4n) is 1.78. The summed E-state index contributed by atoms with van der Waals surface area (Å²) in [6.45, 7) is 0.844. The van der Waals surface area contributed by atoms with Crippen LogP contribution in [0.5, 0.6) is 0 Å². The van der Waals surface area contributed by atoms with Crippen molar-refractivity contribution in [1.82, 2.24) is 0 Å². The second kappa shape index (κ2) is 5.80. The van der Waals surface area contributed by atoms with E-state index in [2.05, 4.69) is 34.5 Å². The maximum Gasteiger partial charge on any atom is 0.0503 e. The van der Waals surface area contributed by atoms with E-state index in [9.17, 15) is 0 Å². The van der Waals surface area contributed by atoms with Crippen molar-refractivity contribution >= 4 is 45.6 Å². The Bertz CT molecular complexity index is 540. The van der Waals surface area contributed by atoms with Gasteiger partial charge in [0.25, 0.3) is 0 Å². The third kappa shape index (κ3) is 3.29. The van der Waals surface area contributed by atoms with Crippen LogP contribution in [0.1, 0.15) is 5.56 Å².